The smallest absolute Gasteiger partial charge is 0.315 e. The van der Waals surface area contributed by atoms with Gasteiger partial charge in [0, 0.05) is 10.4 Å². The minimum atomic E-state index is -0.320. The molecule has 21 heavy (non-hydrogen) atoms. The van der Waals surface area contributed by atoms with Crippen LogP contribution in [0.1, 0.15) is 5.56 Å². The highest BCUT2D eigenvalue weighted by molar-refractivity contribution is 6.31. The molecule has 0 amide bonds. The Balaban J connectivity index is 1.82. The van der Waals surface area contributed by atoms with Crippen LogP contribution in [-0.2, 0) is 11.2 Å². The molecular weight excluding hydrogens is 284 g/mol. The quantitative estimate of drug-likeness (QED) is 0.520. The van der Waals surface area contributed by atoms with Crippen molar-refractivity contribution in [2.75, 3.05) is 0 Å². The van der Waals surface area contributed by atoms with Gasteiger partial charge in [0.25, 0.3) is 0 Å². The van der Waals surface area contributed by atoms with E-state index in [1.807, 2.05) is 54.6 Å². The van der Waals surface area contributed by atoms with Crippen molar-refractivity contribution in [3.05, 3.63) is 77.3 Å². The van der Waals surface area contributed by atoms with Crippen LogP contribution in [-0.4, -0.2) is 5.97 Å². The van der Waals surface area contributed by atoms with Crippen LogP contribution in [0.5, 0.6) is 5.75 Å². The number of rotatable bonds is 3. The molecule has 0 bridgehead atoms. The zero-order valence-corrected chi connectivity index (χ0v) is 12.0. The number of carbonyl (C=O) groups is 1. The standard InChI is InChI=1S/C18H13ClO2/c19-16-10-4-2-7-14(16)12-18(20)21-17-11-5-8-13-6-1-3-9-15(13)17/h1-11H,12H2. The molecule has 0 aliphatic carbocycles. The minimum Gasteiger partial charge on any atom is -0.426 e. The molecule has 0 saturated heterocycles. The molecule has 0 saturated carbocycles. The van der Waals surface area contributed by atoms with Gasteiger partial charge in [0.2, 0.25) is 0 Å². The van der Waals surface area contributed by atoms with Gasteiger partial charge in [0.05, 0.1) is 6.42 Å². The zero-order chi connectivity index (χ0) is 14.7. The summed E-state index contributed by atoms with van der Waals surface area (Å²) >= 11 is 6.06. The predicted octanol–water partition coefficient (Wildman–Crippen LogP) is 4.64. The number of esters is 1. The summed E-state index contributed by atoms with van der Waals surface area (Å²) in [5, 5.41) is 2.54. The maximum Gasteiger partial charge on any atom is 0.315 e. The highest BCUT2D eigenvalue weighted by Crippen LogP contribution is 2.26. The van der Waals surface area contributed by atoms with Gasteiger partial charge in [0.15, 0.2) is 0 Å². The normalized spacial score (nSPS) is 10.5. The van der Waals surface area contributed by atoms with E-state index < -0.39 is 0 Å². The van der Waals surface area contributed by atoms with E-state index in [2.05, 4.69) is 0 Å². The fraction of sp³-hybridized carbons (Fsp3) is 0.0556. The zero-order valence-electron chi connectivity index (χ0n) is 11.3. The lowest BCUT2D eigenvalue weighted by Crippen LogP contribution is -2.11. The first-order valence-electron chi connectivity index (χ1n) is 6.66. The van der Waals surface area contributed by atoms with Crippen molar-refractivity contribution >= 4 is 28.3 Å². The van der Waals surface area contributed by atoms with Gasteiger partial charge >= 0.3 is 5.97 Å². The first-order chi connectivity index (χ1) is 10.2. The fourth-order valence-electron chi connectivity index (χ4n) is 2.24. The van der Waals surface area contributed by atoms with Crippen molar-refractivity contribution in [1.82, 2.24) is 0 Å². The Labute approximate surface area is 127 Å². The summed E-state index contributed by atoms with van der Waals surface area (Å²) in [4.78, 5) is 12.1. The molecule has 0 fully saturated rings. The second-order valence-electron chi connectivity index (χ2n) is 4.72. The Hall–Kier alpha value is -2.32. The van der Waals surface area contributed by atoms with Crippen LogP contribution in [0.4, 0.5) is 0 Å². The van der Waals surface area contributed by atoms with Crippen LogP contribution in [0, 0.1) is 0 Å². The van der Waals surface area contributed by atoms with E-state index in [0.29, 0.717) is 10.8 Å². The first-order valence-corrected chi connectivity index (χ1v) is 7.04. The summed E-state index contributed by atoms with van der Waals surface area (Å²) in [6.45, 7) is 0. The Bertz CT molecular complexity index is 791. The summed E-state index contributed by atoms with van der Waals surface area (Å²) in [6, 6.07) is 20.7. The highest BCUT2D eigenvalue weighted by Gasteiger charge is 2.10. The molecule has 0 aromatic heterocycles. The van der Waals surface area contributed by atoms with E-state index in [1.54, 1.807) is 12.1 Å². The number of fused-ring (bicyclic) bond motifs is 1. The molecule has 0 atom stereocenters. The average Bonchev–Trinajstić information content (AvgIpc) is 2.50. The molecular formula is C18H13ClO2. The third-order valence-corrected chi connectivity index (χ3v) is 3.63. The minimum absolute atomic E-state index is 0.156. The third kappa shape index (κ3) is 3.06. The molecule has 0 aliphatic rings. The monoisotopic (exact) mass is 296 g/mol. The molecule has 0 heterocycles. The van der Waals surface area contributed by atoms with E-state index in [9.17, 15) is 4.79 Å². The summed E-state index contributed by atoms with van der Waals surface area (Å²) in [5.74, 6) is 0.254. The van der Waals surface area contributed by atoms with E-state index in [-0.39, 0.29) is 12.4 Å². The van der Waals surface area contributed by atoms with Crippen LogP contribution in [0.25, 0.3) is 10.8 Å². The van der Waals surface area contributed by atoms with Crippen molar-refractivity contribution < 1.29 is 9.53 Å². The van der Waals surface area contributed by atoms with Crippen molar-refractivity contribution in [1.29, 1.82) is 0 Å². The Morgan fingerprint density at radius 2 is 1.62 bits per heavy atom. The van der Waals surface area contributed by atoms with Crippen molar-refractivity contribution in [2.24, 2.45) is 0 Å². The van der Waals surface area contributed by atoms with E-state index >= 15 is 0 Å². The lowest BCUT2D eigenvalue weighted by atomic mass is 10.1. The maximum atomic E-state index is 12.1. The van der Waals surface area contributed by atoms with Gasteiger partial charge in [-0.2, -0.15) is 0 Å². The van der Waals surface area contributed by atoms with Crippen LogP contribution >= 0.6 is 11.6 Å². The van der Waals surface area contributed by atoms with E-state index in [4.69, 9.17) is 16.3 Å². The average molecular weight is 297 g/mol. The molecule has 0 radical (unpaired) electrons. The van der Waals surface area contributed by atoms with Gasteiger partial charge in [-0.15, -0.1) is 0 Å². The summed E-state index contributed by atoms with van der Waals surface area (Å²) in [5.41, 5.74) is 0.768. The van der Waals surface area contributed by atoms with Crippen LogP contribution < -0.4 is 4.74 Å². The van der Waals surface area contributed by atoms with Crippen LogP contribution in [0.2, 0.25) is 5.02 Å². The first kappa shape index (κ1) is 13.7. The number of halogens is 1. The second kappa shape index (κ2) is 5.98. The van der Waals surface area contributed by atoms with Crippen molar-refractivity contribution in [3.63, 3.8) is 0 Å². The van der Waals surface area contributed by atoms with Crippen LogP contribution in [0.15, 0.2) is 66.7 Å². The number of hydrogen-bond donors (Lipinski definition) is 0. The van der Waals surface area contributed by atoms with Crippen LogP contribution in [0.3, 0.4) is 0 Å². The number of hydrogen-bond acceptors (Lipinski definition) is 2. The second-order valence-corrected chi connectivity index (χ2v) is 5.13. The summed E-state index contributed by atoms with van der Waals surface area (Å²) < 4.78 is 5.49. The Kier molecular flexibility index (Phi) is 3.89. The third-order valence-electron chi connectivity index (χ3n) is 3.27. The van der Waals surface area contributed by atoms with Gasteiger partial charge in [-0.05, 0) is 23.1 Å². The van der Waals surface area contributed by atoms with Gasteiger partial charge in [-0.1, -0.05) is 66.2 Å². The summed E-state index contributed by atoms with van der Waals surface area (Å²) in [7, 11) is 0. The SMILES string of the molecule is O=C(Cc1ccccc1Cl)Oc1cccc2ccccc12. The topological polar surface area (TPSA) is 26.3 Å². The largest absolute Gasteiger partial charge is 0.426 e. The van der Waals surface area contributed by atoms with Gasteiger partial charge in [0.1, 0.15) is 5.75 Å². The molecule has 3 aromatic rings. The molecule has 0 spiro atoms. The molecule has 3 rings (SSSR count). The molecule has 0 aliphatic heterocycles. The van der Waals surface area contributed by atoms with E-state index in [0.717, 1.165) is 16.3 Å². The Morgan fingerprint density at radius 3 is 2.48 bits per heavy atom. The maximum absolute atomic E-state index is 12.1. The molecule has 0 N–H and O–H groups in total. The summed E-state index contributed by atoms with van der Waals surface area (Å²) in [6.07, 6.45) is 0.156. The number of ether oxygens (including phenoxy) is 1. The lowest BCUT2D eigenvalue weighted by Gasteiger charge is -2.08. The van der Waals surface area contributed by atoms with Gasteiger partial charge in [-0.25, -0.2) is 0 Å². The highest BCUT2D eigenvalue weighted by atomic mass is 35.5. The molecule has 2 nitrogen and oxygen atoms in total. The van der Waals surface area contributed by atoms with Gasteiger partial charge < -0.3 is 4.74 Å². The molecule has 3 aromatic carbocycles. The number of benzene rings is 3. The van der Waals surface area contributed by atoms with Crippen molar-refractivity contribution in [2.45, 2.75) is 6.42 Å². The van der Waals surface area contributed by atoms with E-state index in [1.165, 1.54) is 0 Å². The Morgan fingerprint density at radius 1 is 0.905 bits per heavy atom. The fourth-order valence-corrected chi connectivity index (χ4v) is 2.44. The molecule has 3 heteroatoms. The number of carbonyl (C=O) groups excluding carboxylic acids is 1. The molecule has 0 unspecified atom stereocenters. The molecule has 104 valence electrons. The lowest BCUT2D eigenvalue weighted by molar-refractivity contribution is -0.133. The van der Waals surface area contributed by atoms with Crippen molar-refractivity contribution in [3.8, 4) is 5.75 Å². The van der Waals surface area contributed by atoms with Gasteiger partial charge in [-0.3, -0.25) is 4.79 Å². The predicted molar refractivity (Wildman–Crippen MR) is 84.7 cm³/mol.